The fourth-order valence-electron chi connectivity index (χ4n) is 11.0. The highest BCUT2D eigenvalue weighted by Crippen LogP contribution is 2.83. The van der Waals surface area contributed by atoms with Crippen LogP contribution in [-0.4, -0.2) is 34.7 Å². The first-order valence-electron chi connectivity index (χ1n) is 20.2. The van der Waals surface area contributed by atoms with Crippen molar-refractivity contribution in [3.63, 3.8) is 0 Å². The van der Waals surface area contributed by atoms with Crippen LogP contribution in [0.3, 0.4) is 0 Å². The SMILES string of the molecule is CC(C)(C)C1=C[C@]23C(=O)C(C(C)(C)C)=C[C@@]4(C(=O)C(C(C)(C)C)=CC(=C24)C1=O)[C@@]12C=C(C(C)(C)C)C(=O)[C@@]34C=C(C(C)(C)C)C(=O)C(=C41)C=C(C(C)(C)C)C2=O. The monoisotopic (exact) mass is 756 g/mol. The Morgan fingerprint density at radius 3 is 0.714 bits per heavy atom. The molecule has 0 radical (unpaired) electrons. The topological polar surface area (TPSA) is 102 Å². The molecule has 6 nitrogen and oxygen atoms in total. The van der Waals surface area contributed by atoms with Gasteiger partial charge in [-0.15, -0.1) is 0 Å². The summed E-state index contributed by atoms with van der Waals surface area (Å²) in [7, 11) is 0. The van der Waals surface area contributed by atoms with Gasteiger partial charge in [0.1, 0.15) is 0 Å². The summed E-state index contributed by atoms with van der Waals surface area (Å²) in [6.45, 7) is 34.6. The molecule has 0 spiro atoms. The van der Waals surface area contributed by atoms with Gasteiger partial charge in [-0.1, -0.05) is 149 Å². The molecule has 1 fully saturated rings. The minimum absolute atomic E-state index is 0.196. The van der Waals surface area contributed by atoms with Gasteiger partial charge in [0.2, 0.25) is 0 Å². The maximum absolute atomic E-state index is 16.4. The van der Waals surface area contributed by atoms with Gasteiger partial charge in [0, 0.05) is 33.4 Å². The average Bonchev–Trinajstić information content (AvgIpc) is 3.00. The molecule has 0 aromatic carbocycles. The van der Waals surface area contributed by atoms with Gasteiger partial charge in [-0.2, -0.15) is 0 Å². The first-order valence-corrected chi connectivity index (χ1v) is 20.2. The first-order chi connectivity index (χ1) is 25.0. The summed E-state index contributed by atoms with van der Waals surface area (Å²) < 4.78 is 0. The second-order valence-electron chi connectivity index (χ2n) is 23.6. The molecule has 0 aromatic heterocycles. The lowest BCUT2D eigenvalue weighted by Gasteiger charge is -2.72. The fraction of sp³-hybridized carbons (Fsp3) is 0.560. The van der Waals surface area contributed by atoms with Crippen LogP contribution in [0.5, 0.6) is 0 Å². The van der Waals surface area contributed by atoms with Gasteiger partial charge in [-0.3, -0.25) is 28.8 Å². The Hall–Kier alpha value is -4.06. The summed E-state index contributed by atoms with van der Waals surface area (Å²) in [6.07, 6.45) is 10.2. The summed E-state index contributed by atoms with van der Waals surface area (Å²) in [6, 6.07) is 0. The van der Waals surface area contributed by atoms with Crippen molar-refractivity contribution in [2.24, 2.45) is 54.1 Å². The summed E-state index contributed by atoms with van der Waals surface area (Å²) in [5, 5.41) is 0. The highest BCUT2D eigenvalue weighted by atomic mass is 16.2. The number of carbonyl (C=O) groups excluding carboxylic acids is 6. The van der Waals surface area contributed by atoms with E-state index in [0.717, 1.165) is 0 Å². The highest BCUT2D eigenvalue weighted by molar-refractivity contribution is 6.33. The minimum atomic E-state index is -1.97. The molecular weight excluding hydrogens is 697 g/mol. The van der Waals surface area contributed by atoms with Crippen LogP contribution in [0, 0.1) is 54.1 Å². The molecule has 56 heavy (non-hydrogen) atoms. The maximum Gasteiger partial charge on any atom is 0.189 e. The zero-order chi connectivity index (χ0) is 42.5. The molecule has 0 saturated heterocycles. The summed E-state index contributed by atoms with van der Waals surface area (Å²) >= 11 is 0. The molecule has 6 heteroatoms. The average molecular weight is 757 g/mol. The van der Waals surface area contributed by atoms with Crippen molar-refractivity contribution in [3.05, 3.63) is 92.2 Å². The van der Waals surface area contributed by atoms with Crippen molar-refractivity contribution < 1.29 is 28.8 Å². The van der Waals surface area contributed by atoms with Crippen molar-refractivity contribution in [2.45, 2.75) is 125 Å². The van der Waals surface area contributed by atoms with E-state index in [1.165, 1.54) is 0 Å². The number of carbonyl (C=O) groups is 6. The normalized spacial score (nSPS) is 32.0. The first kappa shape index (κ1) is 40.1. The molecular formula is C50H60O6. The zero-order valence-corrected chi connectivity index (χ0v) is 36.9. The van der Waals surface area contributed by atoms with E-state index < -0.39 is 54.1 Å². The van der Waals surface area contributed by atoms with Gasteiger partial charge in [-0.25, -0.2) is 0 Å². The van der Waals surface area contributed by atoms with Crippen molar-refractivity contribution in [2.75, 3.05) is 0 Å². The predicted octanol–water partition coefficient (Wildman–Crippen LogP) is 9.87. The third-order valence-electron chi connectivity index (χ3n) is 13.6. The summed E-state index contributed by atoms with van der Waals surface area (Å²) in [5.74, 6) is -2.19. The number of Topliss-reactive ketones (excluding diaryl/α,β-unsaturated/α-hetero) is 6. The molecule has 0 amide bonds. The number of hydrogen-bond donors (Lipinski definition) is 0. The van der Waals surface area contributed by atoms with Crippen LogP contribution in [-0.2, 0) is 28.8 Å². The Bertz CT molecular complexity index is 2180. The molecule has 0 aliphatic heterocycles. The van der Waals surface area contributed by atoms with Gasteiger partial charge in [0.05, 0.1) is 21.7 Å². The third kappa shape index (κ3) is 4.34. The lowest BCUT2D eigenvalue weighted by molar-refractivity contribution is -0.152. The second-order valence-corrected chi connectivity index (χ2v) is 23.6. The molecule has 7 aliphatic carbocycles. The van der Waals surface area contributed by atoms with E-state index in [9.17, 15) is 0 Å². The van der Waals surface area contributed by atoms with E-state index in [0.29, 0.717) is 33.4 Å². The van der Waals surface area contributed by atoms with Crippen LogP contribution in [0.25, 0.3) is 0 Å². The number of ketones is 6. The number of rotatable bonds is 0. The van der Waals surface area contributed by atoms with Crippen LogP contribution >= 0.6 is 0 Å². The Morgan fingerprint density at radius 2 is 0.500 bits per heavy atom. The van der Waals surface area contributed by atoms with Crippen LogP contribution in [0.2, 0.25) is 0 Å². The molecule has 7 aliphatic rings. The Labute approximate surface area is 333 Å². The van der Waals surface area contributed by atoms with E-state index in [2.05, 4.69) is 0 Å². The molecule has 296 valence electrons. The van der Waals surface area contributed by atoms with Crippen molar-refractivity contribution in [1.29, 1.82) is 0 Å². The van der Waals surface area contributed by atoms with Crippen molar-refractivity contribution >= 4 is 34.7 Å². The van der Waals surface area contributed by atoms with E-state index in [4.69, 9.17) is 0 Å². The summed E-state index contributed by atoms with van der Waals surface area (Å²) in [5.41, 5.74) is -9.96. The van der Waals surface area contributed by atoms with Gasteiger partial charge in [-0.05, 0) is 66.9 Å². The second kappa shape index (κ2) is 10.5. The van der Waals surface area contributed by atoms with Crippen LogP contribution in [0.1, 0.15) is 125 Å². The molecule has 0 aromatic rings. The largest absolute Gasteiger partial charge is 0.293 e. The van der Waals surface area contributed by atoms with Gasteiger partial charge in [0.15, 0.2) is 34.7 Å². The third-order valence-corrected chi connectivity index (χ3v) is 13.6. The van der Waals surface area contributed by atoms with Crippen LogP contribution in [0.15, 0.2) is 92.2 Å². The Morgan fingerprint density at radius 1 is 0.304 bits per heavy atom. The van der Waals surface area contributed by atoms with E-state index >= 15 is 28.8 Å². The molecule has 7 rings (SSSR count). The van der Waals surface area contributed by atoms with E-state index in [-0.39, 0.29) is 57.0 Å². The molecule has 0 unspecified atom stereocenters. The van der Waals surface area contributed by atoms with Crippen molar-refractivity contribution in [1.82, 2.24) is 0 Å². The minimum Gasteiger partial charge on any atom is -0.293 e. The molecule has 1 saturated carbocycles. The smallest absolute Gasteiger partial charge is 0.189 e. The maximum atomic E-state index is 16.4. The van der Waals surface area contributed by atoms with Crippen LogP contribution in [0.4, 0.5) is 0 Å². The Balaban J connectivity index is 1.97. The molecule has 4 atom stereocenters. The van der Waals surface area contributed by atoms with Gasteiger partial charge in [0.25, 0.3) is 0 Å². The van der Waals surface area contributed by atoms with E-state index in [1.54, 1.807) is 36.5 Å². The quantitative estimate of drug-likeness (QED) is 0.244. The summed E-state index contributed by atoms with van der Waals surface area (Å²) in [4.78, 5) is 96.5. The van der Waals surface area contributed by atoms with Gasteiger partial charge >= 0.3 is 0 Å². The molecule has 0 heterocycles. The number of allylic oxidation sites excluding steroid dienone is 16. The van der Waals surface area contributed by atoms with Crippen molar-refractivity contribution in [3.8, 4) is 0 Å². The predicted molar refractivity (Wildman–Crippen MR) is 219 cm³/mol. The highest BCUT2D eigenvalue weighted by Gasteiger charge is 2.86. The van der Waals surface area contributed by atoms with E-state index in [1.807, 2.05) is 125 Å². The Kier molecular flexibility index (Phi) is 7.54. The lowest BCUT2D eigenvalue weighted by atomic mass is 9.25. The zero-order valence-electron chi connectivity index (χ0n) is 36.9. The molecule has 4 bridgehead atoms. The van der Waals surface area contributed by atoms with Crippen LogP contribution < -0.4 is 0 Å². The molecule has 0 N–H and O–H groups in total. The van der Waals surface area contributed by atoms with Gasteiger partial charge < -0.3 is 0 Å². The lowest BCUT2D eigenvalue weighted by Crippen LogP contribution is -2.76. The number of hydrogen-bond acceptors (Lipinski definition) is 6. The fourth-order valence-corrected chi connectivity index (χ4v) is 11.0. The standard InChI is InChI=1S/C50H60O6/c1-41(2,3)27-19-25-33(51)29(43(7,8)9)21-47-35(25)49(37(27)53,23-31(39(47)55)45(13,14)15)50-24-32(46(16,17)18)40(56)48(47)22-30(44(10,11)12)34(52)26(36(48)50)20-28(38(50)54)42(4,5)6/h19-24H,1-18H3/t47-,48+,49-,50+.